The Balaban J connectivity index is 1.80. The zero-order valence-electron chi connectivity index (χ0n) is 14.7. The van der Waals surface area contributed by atoms with Gasteiger partial charge >= 0.3 is 0 Å². The van der Waals surface area contributed by atoms with Crippen LogP contribution in [0.4, 0.5) is 10.2 Å². The fourth-order valence-electron chi connectivity index (χ4n) is 3.10. The van der Waals surface area contributed by atoms with Gasteiger partial charge in [-0.05, 0) is 29.8 Å². The molecule has 9 heteroatoms. The number of nitrogens with one attached hydrogen (secondary N) is 1. The van der Waals surface area contributed by atoms with Crippen molar-refractivity contribution in [2.24, 2.45) is 0 Å². The highest BCUT2D eigenvalue weighted by Gasteiger charge is 2.17. The minimum Gasteiger partial charge on any atom is -0.355 e. The van der Waals surface area contributed by atoms with Crippen LogP contribution >= 0.6 is 0 Å². The van der Waals surface area contributed by atoms with E-state index in [1.54, 1.807) is 29.0 Å². The van der Waals surface area contributed by atoms with E-state index in [9.17, 15) is 13.4 Å². The van der Waals surface area contributed by atoms with E-state index in [4.69, 9.17) is 0 Å². The molecule has 1 aliphatic heterocycles. The Morgan fingerprint density at radius 2 is 2.11 bits per heavy atom. The predicted molar refractivity (Wildman–Crippen MR) is 99.5 cm³/mol. The largest absolute Gasteiger partial charge is 0.355 e. The molecule has 7 nitrogen and oxygen atoms in total. The van der Waals surface area contributed by atoms with Gasteiger partial charge in [0.15, 0.2) is 5.65 Å². The van der Waals surface area contributed by atoms with Crippen molar-refractivity contribution in [3.63, 3.8) is 0 Å². The number of hydrogen-bond donors (Lipinski definition) is 1. The Morgan fingerprint density at radius 3 is 2.96 bits per heavy atom. The Kier molecular flexibility index (Phi) is 4.61. The summed E-state index contributed by atoms with van der Waals surface area (Å²) in [7, 11) is 0.493. The zero-order valence-corrected chi connectivity index (χ0v) is 15.5. The number of amides is 1. The summed E-state index contributed by atoms with van der Waals surface area (Å²) in [5.41, 5.74) is 1.96. The Hall–Kier alpha value is -2.81. The molecule has 1 N–H and O–H groups in total. The highest BCUT2D eigenvalue weighted by Crippen LogP contribution is 2.21. The fourth-order valence-corrected chi connectivity index (χ4v) is 4.25. The SMILES string of the molecule is CN1Cc2cc(F)ccc2S(=O)CCNC(=O)Cc2cnn3ccc1nc23. The van der Waals surface area contributed by atoms with E-state index in [-0.39, 0.29) is 30.4 Å². The van der Waals surface area contributed by atoms with Gasteiger partial charge in [-0.3, -0.25) is 9.00 Å². The van der Waals surface area contributed by atoms with Crippen LogP contribution in [0.15, 0.2) is 41.6 Å². The maximum atomic E-state index is 13.8. The quantitative estimate of drug-likeness (QED) is 0.629. The van der Waals surface area contributed by atoms with Gasteiger partial charge in [0, 0.05) is 42.5 Å². The second-order valence-electron chi connectivity index (χ2n) is 6.41. The summed E-state index contributed by atoms with van der Waals surface area (Å²) in [4.78, 5) is 19.3. The number of carbonyl (C=O) groups excluding carboxylic acids is 1. The molecule has 1 amide bonds. The first-order chi connectivity index (χ1) is 13.0. The van der Waals surface area contributed by atoms with Gasteiger partial charge in [0.2, 0.25) is 5.91 Å². The number of fused-ring (bicyclic) bond motifs is 2. The maximum Gasteiger partial charge on any atom is 0.224 e. The Labute approximate surface area is 157 Å². The van der Waals surface area contributed by atoms with Gasteiger partial charge in [-0.15, -0.1) is 0 Å². The molecule has 0 saturated heterocycles. The van der Waals surface area contributed by atoms with Crippen LogP contribution in [0.3, 0.4) is 0 Å². The summed E-state index contributed by atoms with van der Waals surface area (Å²) in [5.74, 6) is 0.359. The summed E-state index contributed by atoms with van der Waals surface area (Å²) in [6.45, 7) is 0.633. The first-order valence-electron chi connectivity index (χ1n) is 8.49. The lowest BCUT2D eigenvalue weighted by molar-refractivity contribution is -0.120. The van der Waals surface area contributed by atoms with Gasteiger partial charge in [-0.25, -0.2) is 13.9 Å². The van der Waals surface area contributed by atoms with Crippen molar-refractivity contribution < 1.29 is 13.4 Å². The number of nitrogens with zero attached hydrogens (tertiary/aromatic N) is 4. The number of rotatable bonds is 0. The van der Waals surface area contributed by atoms with E-state index in [1.165, 1.54) is 12.1 Å². The summed E-state index contributed by atoms with van der Waals surface area (Å²) < 4.78 is 28.1. The molecule has 0 radical (unpaired) electrons. The molecule has 27 heavy (non-hydrogen) atoms. The van der Waals surface area contributed by atoms with E-state index in [1.807, 2.05) is 11.9 Å². The average Bonchev–Trinajstić information content (AvgIpc) is 3.03. The topological polar surface area (TPSA) is 79.6 Å². The summed E-state index contributed by atoms with van der Waals surface area (Å²) in [6.07, 6.45) is 3.55. The first-order valence-corrected chi connectivity index (χ1v) is 9.81. The molecule has 0 aliphatic carbocycles. The van der Waals surface area contributed by atoms with Crippen LogP contribution < -0.4 is 10.2 Å². The Bertz CT molecular complexity index is 1050. The summed E-state index contributed by atoms with van der Waals surface area (Å²) in [6, 6.07) is 6.05. The third-order valence-electron chi connectivity index (χ3n) is 4.45. The smallest absolute Gasteiger partial charge is 0.224 e. The molecule has 0 spiro atoms. The van der Waals surface area contributed by atoms with Crippen LogP contribution in [0.5, 0.6) is 0 Å². The number of halogens is 1. The highest BCUT2D eigenvalue weighted by atomic mass is 32.2. The molecule has 3 aromatic rings. The summed E-state index contributed by atoms with van der Waals surface area (Å²) >= 11 is 0. The van der Waals surface area contributed by atoms with Crippen molar-refractivity contribution in [2.45, 2.75) is 17.9 Å². The number of anilines is 1. The second-order valence-corrected chi connectivity index (χ2v) is 7.95. The van der Waals surface area contributed by atoms with Crippen LogP contribution in [0.2, 0.25) is 0 Å². The number of hydrogen-bond acceptors (Lipinski definition) is 5. The molecule has 1 aromatic carbocycles. The number of carbonyl (C=O) groups is 1. The van der Waals surface area contributed by atoms with Crippen LogP contribution in [0, 0.1) is 5.82 Å². The van der Waals surface area contributed by atoms with E-state index in [0.717, 1.165) is 0 Å². The van der Waals surface area contributed by atoms with Crippen molar-refractivity contribution in [3.05, 3.63) is 53.6 Å². The predicted octanol–water partition coefficient (Wildman–Crippen LogP) is 1.28. The third-order valence-corrected chi connectivity index (χ3v) is 5.92. The third kappa shape index (κ3) is 3.55. The monoisotopic (exact) mass is 387 g/mol. The van der Waals surface area contributed by atoms with Crippen LogP contribution in [-0.4, -0.2) is 44.1 Å². The van der Waals surface area contributed by atoms with Gasteiger partial charge < -0.3 is 10.2 Å². The van der Waals surface area contributed by atoms with Crippen molar-refractivity contribution in [2.75, 3.05) is 24.2 Å². The maximum absolute atomic E-state index is 13.8. The van der Waals surface area contributed by atoms with Gasteiger partial charge in [-0.1, -0.05) is 0 Å². The normalized spacial score (nSPS) is 18.2. The molecule has 0 saturated carbocycles. The van der Waals surface area contributed by atoms with E-state index in [2.05, 4.69) is 15.4 Å². The van der Waals surface area contributed by atoms with E-state index < -0.39 is 10.8 Å². The van der Waals surface area contributed by atoms with Crippen molar-refractivity contribution in [1.29, 1.82) is 0 Å². The molecule has 0 fully saturated rings. The first kappa shape index (κ1) is 17.6. The van der Waals surface area contributed by atoms with Gasteiger partial charge in [-0.2, -0.15) is 5.10 Å². The molecule has 140 valence electrons. The number of aromatic nitrogens is 3. The molecule has 3 heterocycles. The molecule has 1 unspecified atom stereocenters. The fraction of sp³-hybridized carbons (Fsp3) is 0.278. The number of benzene rings is 1. The van der Waals surface area contributed by atoms with Crippen molar-refractivity contribution >= 4 is 28.2 Å². The van der Waals surface area contributed by atoms with Gasteiger partial charge in [0.25, 0.3) is 0 Å². The highest BCUT2D eigenvalue weighted by molar-refractivity contribution is 7.85. The zero-order chi connectivity index (χ0) is 19.0. The van der Waals surface area contributed by atoms with Gasteiger partial charge in [0.05, 0.1) is 23.4 Å². The minimum atomic E-state index is -1.35. The van der Waals surface area contributed by atoms with Crippen molar-refractivity contribution in [1.82, 2.24) is 19.9 Å². The molecule has 2 aromatic heterocycles. The van der Waals surface area contributed by atoms with Crippen molar-refractivity contribution in [3.8, 4) is 0 Å². The van der Waals surface area contributed by atoms with Crippen LogP contribution in [0.25, 0.3) is 5.65 Å². The average molecular weight is 387 g/mol. The Morgan fingerprint density at radius 1 is 1.26 bits per heavy atom. The van der Waals surface area contributed by atoms with E-state index in [0.29, 0.717) is 34.0 Å². The summed E-state index contributed by atoms with van der Waals surface area (Å²) in [5, 5.41) is 7.01. The standard InChI is InChI=1S/C18H18FN5O2S/c1-23-11-13-8-14(19)2-3-15(13)27(26)7-5-20-17(25)9-12-10-21-24-6-4-16(23)22-18(12)24/h2-4,6,8,10H,5,7,9,11H2,1H3,(H,20,25). The van der Waals surface area contributed by atoms with Crippen LogP contribution in [-0.2, 0) is 28.6 Å². The molecule has 2 bridgehead atoms. The molecule has 1 atom stereocenters. The van der Waals surface area contributed by atoms with Gasteiger partial charge in [0.1, 0.15) is 11.6 Å². The molecular formula is C18H18FN5O2S. The lowest BCUT2D eigenvalue weighted by Gasteiger charge is -2.20. The second kappa shape index (κ2) is 7.07. The molecular weight excluding hydrogens is 369 g/mol. The lowest BCUT2D eigenvalue weighted by Crippen LogP contribution is -2.29. The molecule has 4 rings (SSSR count). The molecule has 1 aliphatic rings. The van der Waals surface area contributed by atoms with Crippen LogP contribution in [0.1, 0.15) is 11.1 Å². The minimum absolute atomic E-state index is 0.151. The lowest BCUT2D eigenvalue weighted by atomic mass is 10.2. The van der Waals surface area contributed by atoms with E-state index >= 15 is 0 Å².